The second-order valence-electron chi connectivity index (χ2n) is 5.06. The van der Waals surface area contributed by atoms with Crippen LogP contribution in [-0.4, -0.2) is 24.5 Å². The molecule has 0 unspecified atom stereocenters. The summed E-state index contributed by atoms with van der Waals surface area (Å²) in [6, 6.07) is 14.3. The highest BCUT2D eigenvalue weighted by atomic mass is 79.9. The van der Waals surface area contributed by atoms with Crippen molar-refractivity contribution in [2.75, 3.05) is 13.6 Å². The van der Waals surface area contributed by atoms with Crippen molar-refractivity contribution in [3.05, 3.63) is 69.9 Å². The summed E-state index contributed by atoms with van der Waals surface area (Å²) in [4.78, 5) is 13.6. The molecule has 0 spiro atoms. The third kappa shape index (κ3) is 4.84. The van der Waals surface area contributed by atoms with Crippen LogP contribution in [0, 0.1) is 5.82 Å². The lowest BCUT2D eigenvalue weighted by atomic mass is 10.1. The molecule has 0 saturated heterocycles. The van der Waals surface area contributed by atoms with Gasteiger partial charge in [-0.25, -0.2) is 9.18 Å². The van der Waals surface area contributed by atoms with Crippen LogP contribution in [0.4, 0.5) is 9.18 Å². The van der Waals surface area contributed by atoms with Gasteiger partial charge in [0.05, 0.1) is 0 Å². The number of rotatable bonds is 5. The highest BCUT2D eigenvalue weighted by Crippen LogP contribution is 2.12. The normalized spacial score (nSPS) is 10.3. The number of nitrogens with one attached hydrogen (secondary N) is 1. The van der Waals surface area contributed by atoms with Gasteiger partial charge in [-0.2, -0.15) is 0 Å². The first-order valence-electron chi connectivity index (χ1n) is 7.03. The maximum atomic E-state index is 13.5. The van der Waals surface area contributed by atoms with E-state index in [1.165, 1.54) is 6.07 Å². The molecule has 2 aromatic rings. The van der Waals surface area contributed by atoms with E-state index in [0.29, 0.717) is 25.1 Å². The topological polar surface area (TPSA) is 32.3 Å². The molecule has 0 aliphatic carbocycles. The Morgan fingerprint density at radius 2 is 1.86 bits per heavy atom. The van der Waals surface area contributed by atoms with Crippen molar-refractivity contribution in [2.45, 2.75) is 13.0 Å². The van der Waals surface area contributed by atoms with Crippen molar-refractivity contribution < 1.29 is 9.18 Å². The van der Waals surface area contributed by atoms with Crippen LogP contribution < -0.4 is 5.32 Å². The monoisotopic (exact) mass is 364 g/mol. The molecule has 0 fully saturated rings. The number of halogens is 2. The lowest BCUT2D eigenvalue weighted by Crippen LogP contribution is -2.37. The third-order valence-corrected chi connectivity index (χ3v) is 3.84. The van der Waals surface area contributed by atoms with Gasteiger partial charge in [-0.3, -0.25) is 0 Å². The maximum absolute atomic E-state index is 13.5. The van der Waals surface area contributed by atoms with Crippen molar-refractivity contribution in [1.29, 1.82) is 0 Å². The summed E-state index contributed by atoms with van der Waals surface area (Å²) in [5.41, 5.74) is 1.66. The van der Waals surface area contributed by atoms with Gasteiger partial charge in [0.2, 0.25) is 0 Å². The summed E-state index contributed by atoms with van der Waals surface area (Å²) in [5, 5.41) is 2.80. The zero-order valence-corrected chi connectivity index (χ0v) is 13.9. The Hall–Kier alpha value is -1.88. The van der Waals surface area contributed by atoms with Crippen LogP contribution in [0.25, 0.3) is 0 Å². The summed E-state index contributed by atoms with van der Waals surface area (Å²) in [6.45, 7) is 0.934. The van der Waals surface area contributed by atoms with E-state index in [4.69, 9.17) is 0 Å². The van der Waals surface area contributed by atoms with Crippen molar-refractivity contribution in [3.63, 3.8) is 0 Å². The molecule has 2 rings (SSSR count). The SMILES string of the molecule is CN(Cc1ccc(Br)cc1)C(=O)NCCc1ccccc1F. The Labute approximate surface area is 138 Å². The number of urea groups is 1. The van der Waals surface area contributed by atoms with Crippen LogP contribution in [0.5, 0.6) is 0 Å². The van der Waals surface area contributed by atoms with E-state index >= 15 is 0 Å². The molecule has 0 bridgehead atoms. The van der Waals surface area contributed by atoms with Gasteiger partial charge in [-0.1, -0.05) is 46.3 Å². The molecule has 3 nitrogen and oxygen atoms in total. The standard InChI is InChI=1S/C17H18BrFN2O/c1-21(12-13-6-8-15(18)9-7-13)17(22)20-11-10-14-4-2-3-5-16(14)19/h2-9H,10-12H2,1H3,(H,20,22). The smallest absolute Gasteiger partial charge is 0.317 e. The Morgan fingerprint density at radius 3 is 2.55 bits per heavy atom. The number of nitrogens with zero attached hydrogens (tertiary/aromatic N) is 1. The lowest BCUT2D eigenvalue weighted by molar-refractivity contribution is 0.207. The van der Waals surface area contributed by atoms with Gasteiger partial charge in [0, 0.05) is 24.6 Å². The van der Waals surface area contributed by atoms with Gasteiger partial charge in [0.15, 0.2) is 0 Å². The molecule has 2 amide bonds. The Morgan fingerprint density at radius 1 is 1.18 bits per heavy atom. The molecule has 2 aromatic carbocycles. The second kappa shape index (κ2) is 7.94. The minimum Gasteiger partial charge on any atom is -0.338 e. The van der Waals surface area contributed by atoms with E-state index in [-0.39, 0.29) is 11.8 Å². The zero-order valence-electron chi connectivity index (χ0n) is 12.4. The van der Waals surface area contributed by atoms with E-state index in [1.807, 2.05) is 24.3 Å². The van der Waals surface area contributed by atoms with E-state index in [1.54, 1.807) is 30.1 Å². The van der Waals surface area contributed by atoms with Gasteiger partial charge in [-0.15, -0.1) is 0 Å². The molecule has 22 heavy (non-hydrogen) atoms. The Kier molecular flexibility index (Phi) is 5.95. The fourth-order valence-electron chi connectivity index (χ4n) is 2.08. The van der Waals surface area contributed by atoms with Gasteiger partial charge >= 0.3 is 6.03 Å². The van der Waals surface area contributed by atoms with Crippen LogP contribution in [0.3, 0.4) is 0 Å². The minimum absolute atomic E-state index is 0.167. The molecular weight excluding hydrogens is 347 g/mol. The first-order valence-corrected chi connectivity index (χ1v) is 7.82. The number of carbonyl (C=O) groups is 1. The van der Waals surface area contributed by atoms with Crippen molar-refractivity contribution >= 4 is 22.0 Å². The Balaban J connectivity index is 1.79. The van der Waals surface area contributed by atoms with Gasteiger partial charge in [-0.05, 0) is 35.7 Å². The molecular formula is C17H18BrFN2O. The van der Waals surface area contributed by atoms with E-state index < -0.39 is 0 Å². The summed E-state index contributed by atoms with van der Waals surface area (Å²) >= 11 is 3.38. The number of carbonyl (C=O) groups excluding carboxylic acids is 1. The number of hydrogen-bond donors (Lipinski definition) is 1. The van der Waals surface area contributed by atoms with Crippen LogP contribution >= 0.6 is 15.9 Å². The molecule has 0 heterocycles. The highest BCUT2D eigenvalue weighted by molar-refractivity contribution is 9.10. The molecule has 116 valence electrons. The summed E-state index contributed by atoms with van der Waals surface area (Å²) in [6.07, 6.45) is 0.477. The fourth-order valence-corrected chi connectivity index (χ4v) is 2.34. The lowest BCUT2D eigenvalue weighted by Gasteiger charge is -2.18. The predicted molar refractivity (Wildman–Crippen MR) is 89.1 cm³/mol. The van der Waals surface area contributed by atoms with Crippen molar-refractivity contribution in [2.24, 2.45) is 0 Å². The summed E-state index contributed by atoms with van der Waals surface area (Å²) in [5.74, 6) is -0.236. The van der Waals surface area contributed by atoms with E-state index in [0.717, 1.165) is 10.0 Å². The molecule has 1 N–H and O–H groups in total. The zero-order chi connectivity index (χ0) is 15.9. The molecule has 0 aromatic heterocycles. The molecule has 0 saturated carbocycles. The molecule has 0 aliphatic heterocycles. The molecule has 0 atom stereocenters. The predicted octanol–water partition coefficient (Wildman–Crippen LogP) is 3.97. The second-order valence-corrected chi connectivity index (χ2v) is 5.97. The molecule has 0 aliphatic rings. The van der Waals surface area contributed by atoms with Crippen LogP contribution in [-0.2, 0) is 13.0 Å². The van der Waals surface area contributed by atoms with Crippen LogP contribution in [0.15, 0.2) is 53.0 Å². The Bertz CT molecular complexity index is 631. The van der Waals surface area contributed by atoms with E-state index in [9.17, 15) is 9.18 Å². The van der Waals surface area contributed by atoms with Gasteiger partial charge < -0.3 is 10.2 Å². The number of benzene rings is 2. The summed E-state index contributed by atoms with van der Waals surface area (Å²) < 4.78 is 14.5. The molecule has 5 heteroatoms. The first kappa shape index (κ1) is 16.5. The van der Waals surface area contributed by atoms with Gasteiger partial charge in [0.25, 0.3) is 0 Å². The average Bonchev–Trinajstić information content (AvgIpc) is 2.51. The molecule has 0 radical (unpaired) electrons. The van der Waals surface area contributed by atoms with Crippen LogP contribution in [0.2, 0.25) is 0 Å². The maximum Gasteiger partial charge on any atom is 0.317 e. The average molecular weight is 365 g/mol. The van der Waals surface area contributed by atoms with E-state index in [2.05, 4.69) is 21.2 Å². The fraction of sp³-hybridized carbons (Fsp3) is 0.235. The quantitative estimate of drug-likeness (QED) is 0.855. The number of hydrogen-bond acceptors (Lipinski definition) is 1. The highest BCUT2D eigenvalue weighted by Gasteiger charge is 2.09. The van der Waals surface area contributed by atoms with Gasteiger partial charge in [0.1, 0.15) is 5.82 Å². The third-order valence-electron chi connectivity index (χ3n) is 3.31. The van der Waals surface area contributed by atoms with Crippen LogP contribution in [0.1, 0.15) is 11.1 Å². The van der Waals surface area contributed by atoms with Crippen molar-refractivity contribution in [3.8, 4) is 0 Å². The van der Waals surface area contributed by atoms with Crippen molar-refractivity contribution in [1.82, 2.24) is 10.2 Å². The minimum atomic E-state index is -0.236. The first-order chi connectivity index (χ1) is 10.6. The number of amides is 2. The largest absolute Gasteiger partial charge is 0.338 e. The summed E-state index contributed by atoms with van der Waals surface area (Å²) in [7, 11) is 1.74.